The molecule has 19 heavy (non-hydrogen) atoms. The Balaban J connectivity index is 1.95. The second kappa shape index (κ2) is 4.86. The summed E-state index contributed by atoms with van der Waals surface area (Å²) in [5.41, 5.74) is 2.85. The summed E-state index contributed by atoms with van der Waals surface area (Å²) in [6.07, 6.45) is 3.67. The van der Waals surface area contributed by atoms with Crippen LogP contribution in [0.3, 0.4) is 0 Å². The smallest absolute Gasteiger partial charge is 0.123 e. The number of nitrogens with zero attached hydrogens (tertiary/aromatic N) is 2. The maximum absolute atomic E-state index is 12.9. The number of aromatic nitrogens is 2. The monoisotopic (exact) mass is 272 g/mol. The van der Waals surface area contributed by atoms with Crippen LogP contribution in [0.2, 0.25) is 5.02 Å². The van der Waals surface area contributed by atoms with Crippen molar-refractivity contribution in [1.29, 1.82) is 0 Å². The van der Waals surface area contributed by atoms with Crippen LogP contribution in [0.4, 0.5) is 4.39 Å². The highest BCUT2D eigenvalue weighted by atomic mass is 35.5. The predicted octanol–water partition coefficient (Wildman–Crippen LogP) is 4.33. The van der Waals surface area contributed by atoms with E-state index in [1.807, 2.05) is 30.5 Å². The third kappa shape index (κ3) is 2.51. The van der Waals surface area contributed by atoms with Gasteiger partial charge in [0.15, 0.2) is 0 Å². The topological polar surface area (TPSA) is 17.8 Å². The van der Waals surface area contributed by atoms with Crippen molar-refractivity contribution in [3.8, 4) is 16.8 Å². The molecule has 1 aromatic heterocycles. The molecule has 0 amide bonds. The fourth-order valence-corrected chi connectivity index (χ4v) is 1.98. The minimum absolute atomic E-state index is 0.256. The summed E-state index contributed by atoms with van der Waals surface area (Å²) in [5.74, 6) is -0.256. The lowest BCUT2D eigenvalue weighted by atomic mass is 10.1. The highest BCUT2D eigenvalue weighted by Crippen LogP contribution is 2.22. The van der Waals surface area contributed by atoms with E-state index in [4.69, 9.17) is 11.6 Å². The van der Waals surface area contributed by atoms with E-state index in [0.29, 0.717) is 5.02 Å². The van der Waals surface area contributed by atoms with Gasteiger partial charge in [-0.05, 0) is 42.0 Å². The largest absolute Gasteiger partial charge is 0.240 e. The molecule has 0 spiro atoms. The van der Waals surface area contributed by atoms with E-state index in [1.54, 1.807) is 23.0 Å². The van der Waals surface area contributed by atoms with Gasteiger partial charge in [-0.1, -0.05) is 23.7 Å². The van der Waals surface area contributed by atoms with Gasteiger partial charge in [-0.25, -0.2) is 9.07 Å². The van der Waals surface area contributed by atoms with Crippen molar-refractivity contribution >= 4 is 11.6 Å². The van der Waals surface area contributed by atoms with E-state index < -0.39 is 0 Å². The Morgan fingerprint density at radius 1 is 0.895 bits per heavy atom. The van der Waals surface area contributed by atoms with Crippen molar-refractivity contribution in [2.75, 3.05) is 0 Å². The summed E-state index contributed by atoms with van der Waals surface area (Å²) in [4.78, 5) is 0. The van der Waals surface area contributed by atoms with E-state index in [2.05, 4.69) is 5.10 Å². The van der Waals surface area contributed by atoms with Crippen LogP contribution in [0.5, 0.6) is 0 Å². The highest BCUT2D eigenvalue weighted by molar-refractivity contribution is 6.30. The molecule has 3 aromatic rings. The van der Waals surface area contributed by atoms with Gasteiger partial charge >= 0.3 is 0 Å². The Hall–Kier alpha value is -2.13. The van der Waals surface area contributed by atoms with Crippen LogP contribution in [0, 0.1) is 5.82 Å². The molecule has 94 valence electrons. The lowest BCUT2D eigenvalue weighted by Crippen LogP contribution is -1.93. The minimum Gasteiger partial charge on any atom is -0.240 e. The maximum Gasteiger partial charge on any atom is 0.123 e. The number of rotatable bonds is 2. The number of hydrogen-bond donors (Lipinski definition) is 0. The summed E-state index contributed by atoms with van der Waals surface area (Å²) in [6.45, 7) is 0. The van der Waals surface area contributed by atoms with Crippen molar-refractivity contribution in [3.63, 3.8) is 0 Å². The Kier molecular flexibility index (Phi) is 3.05. The molecule has 0 bridgehead atoms. The van der Waals surface area contributed by atoms with Crippen LogP contribution < -0.4 is 0 Å². The number of halogens is 2. The lowest BCUT2D eigenvalue weighted by molar-refractivity contribution is 0.627. The SMILES string of the molecule is Fc1ccc(-n2cc(-c3ccc(Cl)cc3)cn2)cc1. The van der Waals surface area contributed by atoms with E-state index >= 15 is 0 Å². The van der Waals surface area contributed by atoms with Gasteiger partial charge in [-0.15, -0.1) is 0 Å². The van der Waals surface area contributed by atoms with Crippen LogP contribution in [-0.2, 0) is 0 Å². The zero-order chi connectivity index (χ0) is 13.2. The third-order valence-electron chi connectivity index (χ3n) is 2.85. The normalized spacial score (nSPS) is 10.6. The quantitative estimate of drug-likeness (QED) is 0.679. The summed E-state index contributed by atoms with van der Waals surface area (Å²) in [6, 6.07) is 13.8. The molecule has 2 aromatic carbocycles. The Bertz CT molecular complexity index is 627. The van der Waals surface area contributed by atoms with Gasteiger partial charge in [0.25, 0.3) is 0 Å². The Morgan fingerprint density at radius 2 is 1.58 bits per heavy atom. The van der Waals surface area contributed by atoms with Gasteiger partial charge in [-0.2, -0.15) is 5.10 Å². The van der Waals surface area contributed by atoms with E-state index in [0.717, 1.165) is 16.8 Å². The molecule has 0 radical (unpaired) electrons. The van der Waals surface area contributed by atoms with Crippen molar-refractivity contribution in [2.24, 2.45) is 0 Å². The molecule has 0 unspecified atom stereocenters. The first-order chi connectivity index (χ1) is 9.22. The lowest BCUT2D eigenvalue weighted by Gasteiger charge is -2.00. The van der Waals surface area contributed by atoms with Gasteiger partial charge in [0, 0.05) is 16.8 Å². The maximum atomic E-state index is 12.9. The first-order valence-electron chi connectivity index (χ1n) is 5.79. The molecular formula is C15H10ClFN2. The minimum atomic E-state index is -0.256. The molecule has 0 atom stereocenters. The molecule has 3 rings (SSSR count). The van der Waals surface area contributed by atoms with Crippen LogP contribution in [0.1, 0.15) is 0 Å². The average molecular weight is 273 g/mol. The van der Waals surface area contributed by atoms with E-state index in [1.165, 1.54) is 12.1 Å². The van der Waals surface area contributed by atoms with E-state index in [9.17, 15) is 4.39 Å². The van der Waals surface area contributed by atoms with Crippen LogP contribution in [0.15, 0.2) is 60.9 Å². The van der Waals surface area contributed by atoms with Gasteiger partial charge in [0.05, 0.1) is 11.9 Å². The Morgan fingerprint density at radius 3 is 2.26 bits per heavy atom. The van der Waals surface area contributed by atoms with Crippen LogP contribution in [0.25, 0.3) is 16.8 Å². The number of benzene rings is 2. The fourth-order valence-electron chi connectivity index (χ4n) is 1.85. The number of hydrogen-bond acceptors (Lipinski definition) is 1. The second-order valence-corrected chi connectivity index (χ2v) is 4.59. The van der Waals surface area contributed by atoms with Gasteiger partial charge < -0.3 is 0 Å². The molecule has 0 aliphatic carbocycles. The average Bonchev–Trinajstić information content (AvgIpc) is 2.90. The summed E-state index contributed by atoms with van der Waals surface area (Å²) in [5, 5.41) is 4.98. The fraction of sp³-hybridized carbons (Fsp3) is 0. The first-order valence-corrected chi connectivity index (χ1v) is 6.17. The van der Waals surface area contributed by atoms with Crippen molar-refractivity contribution in [1.82, 2.24) is 9.78 Å². The van der Waals surface area contributed by atoms with Crippen molar-refractivity contribution < 1.29 is 4.39 Å². The van der Waals surface area contributed by atoms with Crippen LogP contribution >= 0.6 is 11.6 Å². The zero-order valence-electron chi connectivity index (χ0n) is 9.92. The molecule has 0 N–H and O–H groups in total. The molecule has 2 nitrogen and oxygen atoms in total. The predicted molar refractivity (Wildman–Crippen MR) is 74.0 cm³/mol. The summed E-state index contributed by atoms with van der Waals surface area (Å²) < 4.78 is 14.6. The zero-order valence-corrected chi connectivity index (χ0v) is 10.7. The molecule has 1 heterocycles. The molecule has 0 fully saturated rings. The summed E-state index contributed by atoms with van der Waals surface area (Å²) in [7, 11) is 0. The van der Waals surface area contributed by atoms with Crippen molar-refractivity contribution in [2.45, 2.75) is 0 Å². The second-order valence-electron chi connectivity index (χ2n) is 4.16. The molecule has 0 saturated carbocycles. The Labute approximate surface area is 115 Å². The van der Waals surface area contributed by atoms with Gasteiger partial charge in [0.2, 0.25) is 0 Å². The van der Waals surface area contributed by atoms with Gasteiger partial charge in [-0.3, -0.25) is 0 Å². The van der Waals surface area contributed by atoms with Gasteiger partial charge in [0.1, 0.15) is 5.82 Å². The standard InChI is InChI=1S/C15H10ClFN2/c16-13-3-1-11(2-4-13)12-9-18-19(10-12)15-7-5-14(17)6-8-15/h1-10H. The molecule has 0 aliphatic rings. The first kappa shape index (κ1) is 11.9. The third-order valence-corrected chi connectivity index (χ3v) is 3.10. The van der Waals surface area contributed by atoms with E-state index in [-0.39, 0.29) is 5.82 Å². The molecular weight excluding hydrogens is 263 g/mol. The molecule has 4 heteroatoms. The molecule has 0 saturated heterocycles. The van der Waals surface area contributed by atoms with Crippen LogP contribution in [-0.4, -0.2) is 9.78 Å². The molecule has 0 aliphatic heterocycles. The summed E-state index contributed by atoms with van der Waals surface area (Å²) >= 11 is 5.86. The highest BCUT2D eigenvalue weighted by Gasteiger charge is 2.03. The van der Waals surface area contributed by atoms with Crippen molar-refractivity contribution in [3.05, 3.63) is 71.8 Å².